The standard InChI is InChI=1S/C16H23N3S/c1-19-11-6-7-12(19)9-10(8-11)15-17-14-5-3-2-4-13(14)16(20)18-15/h10-12H,2-9H2,1H3,(H,17,18,20). The fourth-order valence-corrected chi connectivity index (χ4v) is 4.79. The minimum atomic E-state index is 0.595. The Morgan fingerprint density at radius 1 is 1.15 bits per heavy atom. The lowest BCUT2D eigenvalue weighted by molar-refractivity contribution is 0.158. The molecule has 0 saturated carbocycles. The molecule has 4 heteroatoms. The Morgan fingerprint density at radius 3 is 2.60 bits per heavy atom. The van der Waals surface area contributed by atoms with Crippen LogP contribution in [0, 0.1) is 4.64 Å². The van der Waals surface area contributed by atoms with Crippen molar-refractivity contribution >= 4 is 12.2 Å². The molecule has 1 aromatic rings. The number of fused-ring (bicyclic) bond motifs is 3. The van der Waals surface area contributed by atoms with Crippen LogP contribution in [0.2, 0.25) is 0 Å². The van der Waals surface area contributed by atoms with Gasteiger partial charge >= 0.3 is 0 Å². The van der Waals surface area contributed by atoms with Gasteiger partial charge in [0.25, 0.3) is 0 Å². The number of aryl methyl sites for hydroxylation is 1. The SMILES string of the molecule is CN1C2CCC1CC(c1nc(=S)c3c([nH]1)CCCC3)C2. The fraction of sp³-hybridized carbons (Fsp3) is 0.750. The van der Waals surface area contributed by atoms with Crippen molar-refractivity contribution in [2.45, 2.75) is 69.4 Å². The highest BCUT2D eigenvalue weighted by Gasteiger charge is 2.39. The largest absolute Gasteiger partial charge is 0.347 e. The molecule has 2 saturated heterocycles. The van der Waals surface area contributed by atoms with Crippen LogP contribution >= 0.6 is 12.2 Å². The zero-order chi connectivity index (χ0) is 13.7. The molecule has 2 bridgehead atoms. The number of aromatic amines is 1. The van der Waals surface area contributed by atoms with E-state index in [1.54, 1.807) is 0 Å². The Morgan fingerprint density at radius 2 is 1.85 bits per heavy atom. The first-order valence-electron chi connectivity index (χ1n) is 8.06. The summed E-state index contributed by atoms with van der Waals surface area (Å²) in [7, 11) is 2.29. The van der Waals surface area contributed by atoms with Gasteiger partial charge in [0.15, 0.2) is 0 Å². The van der Waals surface area contributed by atoms with Gasteiger partial charge in [0, 0.05) is 29.3 Å². The molecule has 3 nitrogen and oxygen atoms in total. The minimum absolute atomic E-state index is 0.595. The minimum Gasteiger partial charge on any atom is -0.347 e. The zero-order valence-electron chi connectivity index (χ0n) is 12.2. The van der Waals surface area contributed by atoms with Gasteiger partial charge in [-0.3, -0.25) is 0 Å². The van der Waals surface area contributed by atoms with Gasteiger partial charge in [0.2, 0.25) is 0 Å². The van der Waals surface area contributed by atoms with Crippen molar-refractivity contribution in [3.05, 3.63) is 21.7 Å². The van der Waals surface area contributed by atoms with E-state index >= 15 is 0 Å². The van der Waals surface area contributed by atoms with Gasteiger partial charge in [0.1, 0.15) is 10.5 Å². The van der Waals surface area contributed by atoms with Crippen molar-refractivity contribution in [2.75, 3.05) is 7.05 Å². The maximum Gasteiger partial charge on any atom is 0.133 e. The zero-order valence-corrected chi connectivity index (χ0v) is 13.0. The van der Waals surface area contributed by atoms with Crippen LogP contribution in [0.25, 0.3) is 0 Å². The van der Waals surface area contributed by atoms with Gasteiger partial charge in [-0.05, 0) is 58.4 Å². The summed E-state index contributed by atoms with van der Waals surface area (Å²) >= 11 is 5.55. The van der Waals surface area contributed by atoms with Gasteiger partial charge in [-0.2, -0.15) is 0 Å². The van der Waals surface area contributed by atoms with E-state index in [-0.39, 0.29) is 0 Å². The topological polar surface area (TPSA) is 31.9 Å². The van der Waals surface area contributed by atoms with E-state index in [1.165, 1.54) is 55.6 Å². The quantitative estimate of drug-likeness (QED) is 0.805. The molecule has 3 heterocycles. The highest BCUT2D eigenvalue weighted by molar-refractivity contribution is 7.71. The molecule has 1 aliphatic carbocycles. The average Bonchev–Trinajstić information content (AvgIpc) is 2.68. The van der Waals surface area contributed by atoms with Gasteiger partial charge in [0.05, 0.1) is 0 Å². The van der Waals surface area contributed by atoms with Crippen LogP contribution < -0.4 is 0 Å². The highest BCUT2D eigenvalue weighted by Crippen LogP contribution is 2.41. The molecule has 0 aromatic carbocycles. The number of rotatable bonds is 1. The molecule has 0 spiro atoms. The molecule has 2 atom stereocenters. The third-order valence-electron chi connectivity index (χ3n) is 5.71. The lowest BCUT2D eigenvalue weighted by Gasteiger charge is -2.36. The molecule has 108 valence electrons. The Bertz CT molecular complexity index is 566. The summed E-state index contributed by atoms with van der Waals surface area (Å²) in [4.78, 5) is 11.0. The molecule has 3 aliphatic rings. The van der Waals surface area contributed by atoms with Crippen molar-refractivity contribution in [1.82, 2.24) is 14.9 Å². The number of H-pyrrole nitrogens is 1. The molecule has 0 radical (unpaired) electrons. The Kier molecular flexibility index (Phi) is 3.19. The maximum absolute atomic E-state index is 5.55. The molecule has 0 amide bonds. The number of piperidine rings is 1. The summed E-state index contributed by atoms with van der Waals surface area (Å²) in [6.45, 7) is 0. The molecule has 4 rings (SSSR count). The normalized spacial score (nSPS) is 33.1. The number of hydrogen-bond acceptors (Lipinski definition) is 3. The smallest absolute Gasteiger partial charge is 0.133 e. The van der Waals surface area contributed by atoms with Crippen molar-refractivity contribution < 1.29 is 0 Å². The van der Waals surface area contributed by atoms with Crippen molar-refractivity contribution in [2.24, 2.45) is 0 Å². The molecule has 1 aromatic heterocycles. The van der Waals surface area contributed by atoms with E-state index in [0.717, 1.165) is 29.6 Å². The van der Waals surface area contributed by atoms with Crippen molar-refractivity contribution in [3.8, 4) is 0 Å². The van der Waals surface area contributed by atoms with Crippen LogP contribution in [0.1, 0.15) is 61.5 Å². The summed E-state index contributed by atoms with van der Waals surface area (Å²) in [5.74, 6) is 1.78. The predicted octanol–water partition coefficient (Wildman–Crippen LogP) is 3.36. The average molecular weight is 289 g/mol. The fourth-order valence-electron chi connectivity index (χ4n) is 4.47. The Balaban J connectivity index is 1.66. The number of hydrogen-bond donors (Lipinski definition) is 1. The first-order chi connectivity index (χ1) is 9.72. The van der Waals surface area contributed by atoms with Crippen LogP contribution in [0.4, 0.5) is 0 Å². The Hall–Kier alpha value is -0.740. The predicted molar refractivity (Wildman–Crippen MR) is 82.6 cm³/mol. The third kappa shape index (κ3) is 2.04. The van der Waals surface area contributed by atoms with Gasteiger partial charge in [-0.1, -0.05) is 12.2 Å². The van der Waals surface area contributed by atoms with Crippen molar-refractivity contribution in [1.29, 1.82) is 0 Å². The van der Waals surface area contributed by atoms with Gasteiger partial charge in [-0.15, -0.1) is 0 Å². The summed E-state index contributed by atoms with van der Waals surface area (Å²) in [6, 6.07) is 1.53. The van der Waals surface area contributed by atoms with Crippen LogP contribution in [-0.2, 0) is 12.8 Å². The molecular weight excluding hydrogens is 266 g/mol. The van der Waals surface area contributed by atoms with Crippen LogP contribution in [-0.4, -0.2) is 34.0 Å². The molecular formula is C16H23N3S. The monoisotopic (exact) mass is 289 g/mol. The second-order valence-electron chi connectivity index (χ2n) is 6.81. The second-order valence-corrected chi connectivity index (χ2v) is 7.20. The first-order valence-corrected chi connectivity index (χ1v) is 8.47. The summed E-state index contributed by atoms with van der Waals surface area (Å²) in [5.41, 5.74) is 2.71. The van der Waals surface area contributed by atoms with Crippen LogP contribution in [0.5, 0.6) is 0 Å². The maximum atomic E-state index is 5.55. The number of nitrogens with one attached hydrogen (secondary N) is 1. The third-order valence-corrected chi connectivity index (χ3v) is 6.05. The van der Waals surface area contributed by atoms with Crippen molar-refractivity contribution in [3.63, 3.8) is 0 Å². The van der Waals surface area contributed by atoms with Crippen LogP contribution in [0.3, 0.4) is 0 Å². The summed E-state index contributed by atoms with van der Waals surface area (Å²) < 4.78 is 0.875. The first kappa shape index (κ1) is 13.0. The van der Waals surface area contributed by atoms with E-state index < -0.39 is 0 Å². The second kappa shape index (κ2) is 4.92. The summed E-state index contributed by atoms with van der Waals surface area (Å²) in [6.07, 6.45) is 10.1. The summed E-state index contributed by atoms with van der Waals surface area (Å²) in [5, 5.41) is 0. The highest BCUT2D eigenvalue weighted by atomic mass is 32.1. The van der Waals surface area contributed by atoms with E-state index in [1.807, 2.05) is 0 Å². The van der Waals surface area contributed by atoms with Gasteiger partial charge < -0.3 is 9.88 Å². The molecule has 20 heavy (non-hydrogen) atoms. The van der Waals surface area contributed by atoms with E-state index in [2.05, 4.69) is 16.9 Å². The lowest BCUT2D eigenvalue weighted by Crippen LogP contribution is -2.39. The van der Waals surface area contributed by atoms with Gasteiger partial charge in [-0.25, -0.2) is 4.98 Å². The lowest BCUT2D eigenvalue weighted by atomic mass is 9.89. The number of aromatic nitrogens is 2. The molecule has 1 N–H and O–H groups in total. The van der Waals surface area contributed by atoms with E-state index in [9.17, 15) is 0 Å². The molecule has 2 unspecified atom stereocenters. The molecule has 2 fully saturated rings. The van der Waals surface area contributed by atoms with E-state index in [0.29, 0.717) is 5.92 Å². The van der Waals surface area contributed by atoms with E-state index in [4.69, 9.17) is 17.2 Å². The van der Waals surface area contributed by atoms with Crippen LogP contribution in [0.15, 0.2) is 0 Å². The molecule has 2 aliphatic heterocycles. The number of nitrogens with zero attached hydrogens (tertiary/aromatic N) is 2. The Labute approximate surface area is 125 Å².